The zero-order chi connectivity index (χ0) is 13.7. The molecule has 0 aliphatic heterocycles. The van der Waals surface area contributed by atoms with Crippen LogP contribution in [-0.4, -0.2) is 16.6 Å². The van der Waals surface area contributed by atoms with Crippen LogP contribution in [0.25, 0.3) is 0 Å². The summed E-state index contributed by atoms with van der Waals surface area (Å²) in [7, 11) is 0. The van der Waals surface area contributed by atoms with Crippen LogP contribution in [0.2, 0.25) is 0 Å². The van der Waals surface area contributed by atoms with Crippen molar-refractivity contribution in [3.63, 3.8) is 0 Å². The Hall–Kier alpha value is -2.48. The Labute approximate surface area is 107 Å². The number of nitrogens with zero attached hydrogens (tertiary/aromatic N) is 2. The number of hydrogen-bond acceptors (Lipinski definition) is 6. The van der Waals surface area contributed by atoms with Gasteiger partial charge in [0.25, 0.3) is 0 Å². The van der Waals surface area contributed by atoms with Crippen molar-refractivity contribution in [2.75, 3.05) is 10.7 Å². The molecule has 0 spiro atoms. The van der Waals surface area contributed by atoms with E-state index in [1.54, 1.807) is 18.2 Å². The number of rotatable bonds is 5. The second-order valence-corrected chi connectivity index (χ2v) is 3.44. The van der Waals surface area contributed by atoms with Crippen LogP contribution in [0.4, 0.5) is 26.2 Å². The lowest BCUT2D eigenvalue weighted by atomic mass is 10.3. The maximum absolute atomic E-state index is 12.0. The van der Waals surface area contributed by atoms with Crippen LogP contribution in [-0.2, 0) is 0 Å². The van der Waals surface area contributed by atoms with Crippen molar-refractivity contribution in [2.24, 2.45) is 5.84 Å². The Balaban J connectivity index is 2.06. The van der Waals surface area contributed by atoms with Gasteiger partial charge in [0, 0.05) is 11.9 Å². The minimum atomic E-state index is -2.83. The number of ether oxygens (including phenoxy) is 1. The number of hydrogen-bond donors (Lipinski definition) is 3. The third-order valence-electron chi connectivity index (χ3n) is 2.14. The van der Waals surface area contributed by atoms with Crippen LogP contribution in [0.5, 0.6) is 5.75 Å². The zero-order valence-electron chi connectivity index (χ0n) is 9.68. The molecule has 0 fully saturated rings. The predicted molar refractivity (Wildman–Crippen MR) is 66.2 cm³/mol. The average Bonchev–Trinajstić information content (AvgIpc) is 2.41. The molecule has 0 aliphatic rings. The molecule has 19 heavy (non-hydrogen) atoms. The van der Waals surface area contributed by atoms with Crippen molar-refractivity contribution < 1.29 is 13.5 Å². The minimum absolute atomic E-state index is 0.0903. The van der Waals surface area contributed by atoms with Crippen LogP contribution in [0.1, 0.15) is 0 Å². The second-order valence-electron chi connectivity index (χ2n) is 3.44. The normalized spacial score (nSPS) is 10.3. The van der Waals surface area contributed by atoms with E-state index in [1.807, 2.05) is 0 Å². The number of nitrogen functional groups attached to an aromatic ring is 1. The van der Waals surface area contributed by atoms with Crippen molar-refractivity contribution in [1.29, 1.82) is 0 Å². The van der Waals surface area contributed by atoms with Gasteiger partial charge in [-0.25, -0.2) is 10.8 Å². The number of anilines is 3. The first-order valence-electron chi connectivity index (χ1n) is 5.29. The summed E-state index contributed by atoms with van der Waals surface area (Å²) in [6, 6.07) is 7.69. The molecule has 6 nitrogen and oxygen atoms in total. The molecule has 0 atom stereocenters. The highest BCUT2D eigenvalue weighted by Gasteiger charge is 2.04. The summed E-state index contributed by atoms with van der Waals surface area (Å²) in [4.78, 5) is 7.90. The van der Waals surface area contributed by atoms with Gasteiger partial charge < -0.3 is 10.1 Å². The van der Waals surface area contributed by atoms with Crippen LogP contribution in [0.15, 0.2) is 36.5 Å². The standard InChI is InChI=1S/C11H11F2N5O/c12-10(13)19-8-3-1-7(2-4-8)16-9-5-6-15-11(17-9)18-14/h1-6,10H,14H2,(H2,15,16,17,18). The van der Waals surface area contributed by atoms with Crippen LogP contribution >= 0.6 is 0 Å². The zero-order valence-corrected chi connectivity index (χ0v) is 9.68. The number of halogens is 2. The number of aromatic nitrogens is 2. The highest BCUT2D eigenvalue weighted by molar-refractivity contribution is 5.57. The monoisotopic (exact) mass is 267 g/mol. The molecule has 4 N–H and O–H groups in total. The van der Waals surface area contributed by atoms with Gasteiger partial charge in [0.2, 0.25) is 5.95 Å². The molecule has 0 unspecified atom stereocenters. The van der Waals surface area contributed by atoms with Gasteiger partial charge in [-0.3, -0.25) is 5.43 Å². The van der Waals surface area contributed by atoms with E-state index in [1.165, 1.54) is 18.3 Å². The first-order valence-corrected chi connectivity index (χ1v) is 5.29. The molecule has 1 aromatic carbocycles. The first kappa shape index (κ1) is 13.0. The smallest absolute Gasteiger partial charge is 0.387 e. The summed E-state index contributed by atoms with van der Waals surface area (Å²) in [5.74, 6) is 6.06. The topological polar surface area (TPSA) is 85.1 Å². The predicted octanol–water partition coefficient (Wildman–Crippen LogP) is 2.11. The van der Waals surface area contributed by atoms with E-state index in [-0.39, 0.29) is 11.7 Å². The molecule has 0 bridgehead atoms. The number of nitrogens with one attached hydrogen (secondary N) is 2. The maximum atomic E-state index is 12.0. The van der Waals surface area contributed by atoms with Gasteiger partial charge in [0.1, 0.15) is 11.6 Å². The summed E-state index contributed by atoms with van der Waals surface area (Å²) in [6.45, 7) is -2.83. The lowest BCUT2D eigenvalue weighted by Crippen LogP contribution is -2.10. The van der Waals surface area contributed by atoms with E-state index in [9.17, 15) is 8.78 Å². The van der Waals surface area contributed by atoms with Gasteiger partial charge in [-0.1, -0.05) is 0 Å². The van der Waals surface area contributed by atoms with E-state index < -0.39 is 6.61 Å². The molecule has 0 saturated heterocycles. The van der Waals surface area contributed by atoms with E-state index in [2.05, 4.69) is 25.4 Å². The van der Waals surface area contributed by atoms with Crippen LogP contribution in [0, 0.1) is 0 Å². The Morgan fingerprint density at radius 3 is 2.53 bits per heavy atom. The Morgan fingerprint density at radius 1 is 1.16 bits per heavy atom. The highest BCUT2D eigenvalue weighted by Crippen LogP contribution is 2.20. The SMILES string of the molecule is NNc1nccc(Nc2ccc(OC(F)F)cc2)n1. The molecule has 2 rings (SSSR count). The largest absolute Gasteiger partial charge is 0.435 e. The Morgan fingerprint density at radius 2 is 1.89 bits per heavy atom. The number of alkyl halides is 2. The summed E-state index contributed by atoms with van der Waals surface area (Å²) in [5, 5.41) is 2.97. The van der Waals surface area contributed by atoms with E-state index in [0.29, 0.717) is 11.5 Å². The van der Waals surface area contributed by atoms with Gasteiger partial charge in [0.05, 0.1) is 0 Å². The number of nitrogens with two attached hydrogens (primary N) is 1. The van der Waals surface area contributed by atoms with Crippen molar-refractivity contribution in [3.8, 4) is 5.75 Å². The fourth-order valence-corrected chi connectivity index (χ4v) is 1.37. The number of benzene rings is 1. The minimum Gasteiger partial charge on any atom is -0.435 e. The van der Waals surface area contributed by atoms with E-state index >= 15 is 0 Å². The first-order chi connectivity index (χ1) is 9.17. The highest BCUT2D eigenvalue weighted by atomic mass is 19.3. The fourth-order valence-electron chi connectivity index (χ4n) is 1.37. The van der Waals surface area contributed by atoms with Gasteiger partial charge in [-0.15, -0.1) is 0 Å². The lowest BCUT2D eigenvalue weighted by Gasteiger charge is -2.08. The molecule has 8 heteroatoms. The molecule has 1 heterocycles. The fraction of sp³-hybridized carbons (Fsp3) is 0.0909. The maximum Gasteiger partial charge on any atom is 0.387 e. The Bertz CT molecular complexity index is 535. The van der Waals surface area contributed by atoms with Crippen molar-refractivity contribution in [1.82, 2.24) is 9.97 Å². The van der Waals surface area contributed by atoms with Gasteiger partial charge in [0.15, 0.2) is 0 Å². The molecular formula is C11H11F2N5O. The summed E-state index contributed by atoms with van der Waals surface area (Å²) < 4.78 is 28.2. The van der Waals surface area contributed by atoms with Crippen LogP contribution in [0.3, 0.4) is 0 Å². The quantitative estimate of drug-likeness (QED) is 0.568. The van der Waals surface area contributed by atoms with Crippen molar-refractivity contribution in [2.45, 2.75) is 6.61 Å². The molecule has 0 amide bonds. The van der Waals surface area contributed by atoms with E-state index in [0.717, 1.165) is 0 Å². The second kappa shape index (κ2) is 5.91. The van der Waals surface area contributed by atoms with Gasteiger partial charge >= 0.3 is 6.61 Å². The Kier molecular flexibility index (Phi) is 4.04. The molecule has 0 aliphatic carbocycles. The number of hydrazine groups is 1. The third kappa shape index (κ3) is 3.75. The molecular weight excluding hydrogens is 256 g/mol. The van der Waals surface area contributed by atoms with Crippen LogP contribution < -0.4 is 21.3 Å². The summed E-state index contributed by atoms with van der Waals surface area (Å²) in [5.41, 5.74) is 2.99. The molecule has 100 valence electrons. The third-order valence-corrected chi connectivity index (χ3v) is 2.14. The van der Waals surface area contributed by atoms with Gasteiger partial charge in [-0.2, -0.15) is 13.8 Å². The van der Waals surface area contributed by atoms with Gasteiger partial charge in [-0.05, 0) is 30.3 Å². The summed E-state index contributed by atoms with van der Waals surface area (Å²) >= 11 is 0. The lowest BCUT2D eigenvalue weighted by molar-refractivity contribution is -0.0498. The average molecular weight is 267 g/mol. The van der Waals surface area contributed by atoms with Crippen molar-refractivity contribution >= 4 is 17.5 Å². The summed E-state index contributed by atoms with van der Waals surface area (Å²) in [6.07, 6.45) is 1.53. The van der Waals surface area contributed by atoms with E-state index in [4.69, 9.17) is 5.84 Å². The molecule has 0 radical (unpaired) electrons. The van der Waals surface area contributed by atoms with Crippen molar-refractivity contribution in [3.05, 3.63) is 36.5 Å². The molecule has 2 aromatic rings. The molecule has 1 aromatic heterocycles. The molecule has 0 saturated carbocycles.